The Kier molecular flexibility index (Phi) is 5.68. The summed E-state index contributed by atoms with van der Waals surface area (Å²) in [6.07, 6.45) is 2.37. The van der Waals surface area contributed by atoms with Crippen molar-refractivity contribution in [3.63, 3.8) is 0 Å². The number of aromatic nitrogens is 5. The molecule has 5 rings (SSSR count). The molecule has 0 aliphatic carbocycles. The van der Waals surface area contributed by atoms with Gasteiger partial charge >= 0.3 is 0 Å². The van der Waals surface area contributed by atoms with Crippen LogP contribution in [0, 0.1) is 5.92 Å². The van der Waals surface area contributed by atoms with E-state index in [0.717, 1.165) is 46.5 Å². The van der Waals surface area contributed by atoms with Gasteiger partial charge in [-0.2, -0.15) is 0 Å². The van der Waals surface area contributed by atoms with E-state index in [1.807, 2.05) is 42.5 Å². The molecule has 0 fully saturated rings. The quantitative estimate of drug-likeness (QED) is 0.313. The molecule has 0 saturated heterocycles. The fourth-order valence-corrected chi connectivity index (χ4v) is 4.21. The van der Waals surface area contributed by atoms with Crippen molar-refractivity contribution in [2.24, 2.45) is 5.92 Å². The summed E-state index contributed by atoms with van der Waals surface area (Å²) in [6, 6.07) is 19.8. The third kappa shape index (κ3) is 4.26. The molecule has 0 radical (unpaired) electrons. The van der Waals surface area contributed by atoms with Gasteiger partial charge in [-0.3, -0.25) is 9.36 Å². The van der Waals surface area contributed by atoms with Gasteiger partial charge in [0, 0.05) is 6.54 Å². The normalized spacial score (nSPS) is 11.6. The summed E-state index contributed by atoms with van der Waals surface area (Å²) in [5.41, 5.74) is 5.01. The number of aryl methyl sites for hydroxylation is 1. The first-order valence-electron chi connectivity index (χ1n) is 11.1. The van der Waals surface area contributed by atoms with Crippen LogP contribution < -0.4 is 5.56 Å². The highest BCUT2D eigenvalue weighted by Crippen LogP contribution is 2.24. The molecule has 166 valence electrons. The molecule has 6 nitrogen and oxygen atoms in total. The third-order valence-corrected chi connectivity index (χ3v) is 6.05. The molecule has 5 aromatic rings. The van der Waals surface area contributed by atoms with Crippen molar-refractivity contribution in [1.29, 1.82) is 0 Å². The van der Waals surface area contributed by atoms with Crippen LogP contribution in [0.5, 0.6) is 0 Å². The zero-order valence-electron chi connectivity index (χ0n) is 18.6. The smallest absolute Gasteiger partial charge is 0.269 e. The lowest BCUT2D eigenvalue weighted by atomic mass is 10.1. The highest BCUT2D eigenvalue weighted by Gasteiger charge is 2.16. The molecule has 2 aromatic carbocycles. The van der Waals surface area contributed by atoms with E-state index in [9.17, 15) is 4.79 Å². The van der Waals surface area contributed by atoms with E-state index in [0.29, 0.717) is 23.3 Å². The van der Waals surface area contributed by atoms with Gasteiger partial charge in [0.05, 0.1) is 29.3 Å². The SMILES string of the molecule is CC(C)CCn1c(Cn2c(=O)cnc3ccc(-c4ccccc4)cc32)nc2nc(Cl)ccc21. The summed E-state index contributed by atoms with van der Waals surface area (Å²) in [5, 5.41) is 0.404. The number of pyridine rings is 1. The van der Waals surface area contributed by atoms with E-state index in [4.69, 9.17) is 16.6 Å². The Labute approximate surface area is 196 Å². The van der Waals surface area contributed by atoms with Crippen molar-refractivity contribution in [2.45, 2.75) is 33.4 Å². The van der Waals surface area contributed by atoms with Crippen LogP contribution >= 0.6 is 11.6 Å². The number of hydrogen-bond donors (Lipinski definition) is 0. The van der Waals surface area contributed by atoms with Gasteiger partial charge in [0.25, 0.3) is 5.56 Å². The lowest BCUT2D eigenvalue weighted by Crippen LogP contribution is -2.23. The molecule has 0 spiro atoms. The Hall–Kier alpha value is -3.51. The second kappa shape index (κ2) is 8.79. The molecule has 33 heavy (non-hydrogen) atoms. The average Bonchev–Trinajstić information content (AvgIpc) is 3.15. The van der Waals surface area contributed by atoms with Crippen LogP contribution in [0.25, 0.3) is 33.3 Å². The van der Waals surface area contributed by atoms with Crippen LogP contribution in [0.15, 0.2) is 71.7 Å². The first kappa shape index (κ1) is 21.3. The van der Waals surface area contributed by atoms with Crippen molar-refractivity contribution < 1.29 is 0 Å². The van der Waals surface area contributed by atoms with Crippen LogP contribution in [0.4, 0.5) is 0 Å². The molecule has 0 N–H and O–H groups in total. The van der Waals surface area contributed by atoms with E-state index in [1.165, 1.54) is 6.20 Å². The lowest BCUT2D eigenvalue weighted by Gasteiger charge is -2.14. The molecule has 0 aliphatic heterocycles. The number of imidazole rings is 1. The van der Waals surface area contributed by atoms with E-state index < -0.39 is 0 Å². The van der Waals surface area contributed by atoms with E-state index in [1.54, 1.807) is 10.6 Å². The first-order chi connectivity index (χ1) is 16.0. The Morgan fingerprint density at radius 1 is 0.909 bits per heavy atom. The number of fused-ring (bicyclic) bond motifs is 2. The minimum Gasteiger partial charge on any atom is -0.325 e. The van der Waals surface area contributed by atoms with E-state index in [-0.39, 0.29) is 5.56 Å². The van der Waals surface area contributed by atoms with Gasteiger partial charge in [-0.1, -0.05) is 61.8 Å². The Morgan fingerprint density at radius 2 is 1.73 bits per heavy atom. The molecule has 0 aliphatic rings. The predicted molar refractivity (Wildman–Crippen MR) is 133 cm³/mol. The number of hydrogen-bond acceptors (Lipinski definition) is 4. The van der Waals surface area contributed by atoms with Gasteiger partial charge in [0.1, 0.15) is 11.0 Å². The van der Waals surface area contributed by atoms with Gasteiger partial charge in [-0.25, -0.2) is 15.0 Å². The summed E-state index contributed by atoms with van der Waals surface area (Å²) in [5.74, 6) is 1.31. The molecule has 0 amide bonds. The second-order valence-electron chi connectivity index (χ2n) is 8.59. The first-order valence-corrected chi connectivity index (χ1v) is 11.4. The second-order valence-corrected chi connectivity index (χ2v) is 8.98. The van der Waals surface area contributed by atoms with Crippen molar-refractivity contribution in [3.8, 4) is 11.1 Å². The molecule has 0 unspecified atom stereocenters. The van der Waals surface area contributed by atoms with Gasteiger partial charge < -0.3 is 4.57 Å². The maximum absolute atomic E-state index is 13.0. The van der Waals surface area contributed by atoms with Crippen LogP contribution in [0.1, 0.15) is 26.1 Å². The summed E-state index contributed by atoms with van der Waals surface area (Å²) in [6.45, 7) is 5.50. The Morgan fingerprint density at radius 3 is 2.52 bits per heavy atom. The van der Waals surface area contributed by atoms with E-state index in [2.05, 4.69) is 40.5 Å². The molecular formula is C26H24ClN5O. The van der Waals surface area contributed by atoms with Crippen molar-refractivity contribution in [3.05, 3.63) is 88.2 Å². The largest absolute Gasteiger partial charge is 0.325 e. The zero-order chi connectivity index (χ0) is 22.9. The molecule has 0 saturated carbocycles. The fourth-order valence-electron chi connectivity index (χ4n) is 4.07. The van der Waals surface area contributed by atoms with Crippen molar-refractivity contribution in [2.75, 3.05) is 0 Å². The summed E-state index contributed by atoms with van der Waals surface area (Å²) < 4.78 is 3.89. The monoisotopic (exact) mass is 457 g/mol. The fraction of sp³-hybridized carbons (Fsp3) is 0.231. The minimum atomic E-state index is -0.166. The summed E-state index contributed by atoms with van der Waals surface area (Å²) in [4.78, 5) is 26.5. The zero-order valence-corrected chi connectivity index (χ0v) is 19.3. The molecule has 3 heterocycles. The molecule has 0 bridgehead atoms. The van der Waals surface area contributed by atoms with E-state index >= 15 is 0 Å². The highest BCUT2D eigenvalue weighted by molar-refractivity contribution is 6.29. The standard InChI is InChI=1S/C26H24ClN5O/c1-17(2)12-13-31-21-10-11-23(27)29-26(21)30-24(31)16-32-22-14-19(18-6-4-3-5-7-18)8-9-20(22)28-15-25(32)33/h3-11,14-15,17H,12-13,16H2,1-2H3. The maximum Gasteiger partial charge on any atom is 0.269 e. The Balaban J connectivity index is 1.65. The number of rotatable bonds is 6. The number of halogens is 1. The van der Waals surface area contributed by atoms with Crippen LogP contribution in [-0.2, 0) is 13.1 Å². The molecular weight excluding hydrogens is 434 g/mol. The lowest BCUT2D eigenvalue weighted by molar-refractivity contribution is 0.507. The molecule has 3 aromatic heterocycles. The van der Waals surface area contributed by atoms with Crippen molar-refractivity contribution >= 4 is 33.8 Å². The topological polar surface area (TPSA) is 65.6 Å². The van der Waals surface area contributed by atoms with Gasteiger partial charge in [0.15, 0.2) is 5.65 Å². The minimum absolute atomic E-state index is 0.166. The van der Waals surface area contributed by atoms with Crippen molar-refractivity contribution in [1.82, 2.24) is 24.1 Å². The molecule has 0 atom stereocenters. The maximum atomic E-state index is 13.0. The van der Waals surface area contributed by atoms with Crippen LogP contribution in [0.3, 0.4) is 0 Å². The Bertz CT molecular complexity index is 1500. The third-order valence-electron chi connectivity index (χ3n) is 5.84. The predicted octanol–water partition coefficient (Wildman–Crippen LogP) is 5.56. The number of nitrogens with zero attached hydrogens (tertiary/aromatic N) is 5. The summed E-state index contributed by atoms with van der Waals surface area (Å²) in [7, 11) is 0. The van der Waals surface area contributed by atoms with Crippen LogP contribution in [-0.4, -0.2) is 24.1 Å². The van der Waals surface area contributed by atoms with Gasteiger partial charge in [0.2, 0.25) is 0 Å². The average molecular weight is 458 g/mol. The van der Waals surface area contributed by atoms with Crippen LogP contribution in [0.2, 0.25) is 5.15 Å². The molecule has 7 heteroatoms. The van der Waals surface area contributed by atoms with Gasteiger partial charge in [-0.05, 0) is 47.7 Å². The highest BCUT2D eigenvalue weighted by atomic mass is 35.5. The van der Waals surface area contributed by atoms with Gasteiger partial charge in [-0.15, -0.1) is 0 Å². The number of benzene rings is 2. The summed E-state index contributed by atoms with van der Waals surface area (Å²) >= 11 is 6.12.